The molecule has 3 aromatic rings. The maximum atomic E-state index is 4.52. The molecular formula is C18H21N5S. The summed E-state index contributed by atoms with van der Waals surface area (Å²) in [6.07, 6.45) is 6.07. The van der Waals surface area contributed by atoms with E-state index >= 15 is 0 Å². The molecule has 6 heteroatoms. The Labute approximate surface area is 145 Å². The number of hydrogen-bond acceptors (Lipinski definition) is 6. The summed E-state index contributed by atoms with van der Waals surface area (Å²) < 4.78 is 0. The smallest absolute Gasteiger partial charge is 0.138 e. The van der Waals surface area contributed by atoms with E-state index in [0.717, 1.165) is 41.5 Å². The van der Waals surface area contributed by atoms with Crippen LogP contribution in [0.25, 0.3) is 10.2 Å². The molecule has 0 aromatic carbocycles. The molecular weight excluding hydrogens is 318 g/mol. The lowest BCUT2D eigenvalue weighted by Gasteiger charge is -2.17. The van der Waals surface area contributed by atoms with Gasteiger partial charge in [-0.05, 0) is 49.9 Å². The first-order valence-electron chi connectivity index (χ1n) is 8.37. The number of nitrogens with one attached hydrogen (secondary N) is 1. The molecule has 24 heavy (non-hydrogen) atoms. The first-order chi connectivity index (χ1) is 11.7. The minimum atomic E-state index is 0.740. The summed E-state index contributed by atoms with van der Waals surface area (Å²) in [6, 6.07) is 4.25. The number of anilines is 2. The van der Waals surface area contributed by atoms with Gasteiger partial charge in [0.05, 0.1) is 5.39 Å². The standard InChI is InChI=1S/C18H21N5S/c1-12-13(2)24-18-16(12)17(21-11-22-18)20-10-14-5-6-19-15(9-14)23-7-3-4-8-23/h5-6,9,11H,3-4,7-8,10H2,1-2H3,(H,20,21,22). The Bertz CT molecular complexity index is 867. The highest BCUT2D eigenvalue weighted by molar-refractivity contribution is 7.18. The summed E-state index contributed by atoms with van der Waals surface area (Å²) in [5.41, 5.74) is 2.49. The topological polar surface area (TPSA) is 53.9 Å². The molecule has 0 unspecified atom stereocenters. The van der Waals surface area contributed by atoms with Crippen molar-refractivity contribution in [3.05, 3.63) is 40.7 Å². The molecule has 1 saturated heterocycles. The van der Waals surface area contributed by atoms with E-state index in [0.29, 0.717) is 0 Å². The van der Waals surface area contributed by atoms with Crippen LogP contribution in [0.4, 0.5) is 11.6 Å². The second-order valence-electron chi connectivity index (χ2n) is 6.26. The van der Waals surface area contributed by atoms with Gasteiger partial charge in [-0.3, -0.25) is 0 Å². The van der Waals surface area contributed by atoms with E-state index in [-0.39, 0.29) is 0 Å². The van der Waals surface area contributed by atoms with Crippen molar-refractivity contribution in [1.29, 1.82) is 0 Å². The van der Waals surface area contributed by atoms with E-state index in [2.05, 4.69) is 51.1 Å². The lowest BCUT2D eigenvalue weighted by molar-refractivity contribution is 0.931. The van der Waals surface area contributed by atoms with Gasteiger partial charge in [0.2, 0.25) is 0 Å². The minimum Gasteiger partial charge on any atom is -0.365 e. The fourth-order valence-corrected chi connectivity index (χ4v) is 4.19. The third kappa shape index (κ3) is 2.82. The first kappa shape index (κ1) is 15.3. The fourth-order valence-electron chi connectivity index (χ4n) is 3.19. The zero-order valence-corrected chi connectivity index (χ0v) is 14.9. The van der Waals surface area contributed by atoms with Crippen molar-refractivity contribution in [3.63, 3.8) is 0 Å². The molecule has 1 N–H and O–H groups in total. The zero-order valence-electron chi connectivity index (χ0n) is 14.0. The van der Waals surface area contributed by atoms with Crippen LogP contribution in [0.2, 0.25) is 0 Å². The molecule has 0 amide bonds. The van der Waals surface area contributed by atoms with Crippen LogP contribution in [0.3, 0.4) is 0 Å². The molecule has 0 spiro atoms. The second kappa shape index (κ2) is 6.36. The average molecular weight is 339 g/mol. The van der Waals surface area contributed by atoms with Crippen molar-refractivity contribution in [2.45, 2.75) is 33.2 Å². The van der Waals surface area contributed by atoms with Crippen LogP contribution >= 0.6 is 11.3 Å². The molecule has 0 aliphatic carbocycles. The van der Waals surface area contributed by atoms with E-state index in [9.17, 15) is 0 Å². The van der Waals surface area contributed by atoms with Crippen LogP contribution in [0.15, 0.2) is 24.7 Å². The monoisotopic (exact) mass is 339 g/mol. The minimum absolute atomic E-state index is 0.740. The molecule has 0 saturated carbocycles. The van der Waals surface area contributed by atoms with E-state index < -0.39 is 0 Å². The van der Waals surface area contributed by atoms with Gasteiger partial charge in [0.1, 0.15) is 22.8 Å². The summed E-state index contributed by atoms with van der Waals surface area (Å²) in [6.45, 7) is 7.24. The Kier molecular flexibility index (Phi) is 4.06. The molecule has 1 aliphatic rings. The van der Waals surface area contributed by atoms with E-state index in [1.54, 1.807) is 17.7 Å². The normalized spacial score (nSPS) is 14.5. The number of thiophene rings is 1. The number of nitrogens with zero attached hydrogens (tertiary/aromatic N) is 4. The number of rotatable bonds is 4. The van der Waals surface area contributed by atoms with Crippen LogP contribution in [0.1, 0.15) is 28.8 Å². The van der Waals surface area contributed by atoms with Crippen molar-refractivity contribution in [2.75, 3.05) is 23.3 Å². The van der Waals surface area contributed by atoms with Gasteiger partial charge in [0.25, 0.3) is 0 Å². The Morgan fingerprint density at radius 3 is 2.83 bits per heavy atom. The second-order valence-corrected chi connectivity index (χ2v) is 7.46. The van der Waals surface area contributed by atoms with Gasteiger partial charge in [-0.1, -0.05) is 0 Å². The Morgan fingerprint density at radius 2 is 2.00 bits per heavy atom. The SMILES string of the molecule is Cc1sc2ncnc(NCc3ccnc(N4CCCC4)c3)c2c1C. The average Bonchev–Trinajstić information content (AvgIpc) is 3.23. The summed E-state index contributed by atoms with van der Waals surface area (Å²) >= 11 is 1.73. The van der Waals surface area contributed by atoms with Crippen molar-refractivity contribution >= 4 is 33.2 Å². The van der Waals surface area contributed by atoms with Gasteiger partial charge in [-0.2, -0.15) is 0 Å². The largest absolute Gasteiger partial charge is 0.365 e. The lowest BCUT2D eigenvalue weighted by atomic mass is 10.2. The highest BCUT2D eigenvalue weighted by atomic mass is 32.1. The summed E-state index contributed by atoms with van der Waals surface area (Å²) in [5.74, 6) is 2.00. The van der Waals surface area contributed by atoms with Gasteiger partial charge in [-0.25, -0.2) is 15.0 Å². The molecule has 0 bridgehead atoms. The Balaban J connectivity index is 1.56. The highest BCUT2D eigenvalue weighted by Crippen LogP contribution is 2.32. The molecule has 4 rings (SSSR count). The van der Waals surface area contributed by atoms with Gasteiger partial charge >= 0.3 is 0 Å². The summed E-state index contributed by atoms with van der Waals surface area (Å²) in [7, 11) is 0. The van der Waals surface area contributed by atoms with Crippen molar-refractivity contribution in [2.24, 2.45) is 0 Å². The molecule has 0 radical (unpaired) electrons. The molecule has 3 aromatic heterocycles. The van der Waals surface area contributed by atoms with Crippen LogP contribution in [0.5, 0.6) is 0 Å². The highest BCUT2D eigenvalue weighted by Gasteiger charge is 2.14. The molecule has 4 heterocycles. The van der Waals surface area contributed by atoms with E-state index in [4.69, 9.17) is 0 Å². The number of aromatic nitrogens is 3. The zero-order chi connectivity index (χ0) is 16.5. The number of fused-ring (bicyclic) bond motifs is 1. The Hall–Kier alpha value is -2.21. The molecule has 124 valence electrons. The summed E-state index contributed by atoms with van der Waals surface area (Å²) in [4.78, 5) is 18.1. The van der Waals surface area contributed by atoms with Crippen molar-refractivity contribution in [3.8, 4) is 0 Å². The molecule has 1 aliphatic heterocycles. The van der Waals surface area contributed by atoms with E-state index in [1.807, 2.05) is 6.20 Å². The molecule has 0 atom stereocenters. The van der Waals surface area contributed by atoms with Crippen LogP contribution in [0, 0.1) is 13.8 Å². The predicted molar refractivity (Wildman–Crippen MR) is 99.9 cm³/mol. The predicted octanol–water partition coefficient (Wildman–Crippen LogP) is 3.92. The molecule has 5 nitrogen and oxygen atoms in total. The number of aryl methyl sites for hydroxylation is 2. The van der Waals surface area contributed by atoms with Crippen LogP contribution in [-0.4, -0.2) is 28.0 Å². The number of hydrogen-bond donors (Lipinski definition) is 1. The molecule has 1 fully saturated rings. The third-order valence-corrected chi connectivity index (χ3v) is 5.78. The first-order valence-corrected chi connectivity index (χ1v) is 9.18. The number of pyridine rings is 1. The summed E-state index contributed by atoms with van der Waals surface area (Å²) in [5, 5.41) is 4.63. The van der Waals surface area contributed by atoms with Gasteiger partial charge < -0.3 is 10.2 Å². The van der Waals surface area contributed by atoms with Crippen LogP contribution < -0.4 is 10.2 Å². The van der Waals surface area contributed by atoms with E-state index in [1.165, 1.54) is 28.8 Å². The fraction of sp³-hybridized carbons (Fsp3) is 0.389. The van der Waals surface area contributed by atoms with Gasteiger partial charge in [0.15, 0.2) is 0 Å². The van der Waals surface area contributed by atoms with Crippen LogP contribution in [-0.2, 0) is 6.54 Å². The third-order valence-electron chi connectivity index (χ3n) is 4.67. The lowest BCUT2D eigenvalue weighted by Crippen LogP contribution is -2.19. The Morgan fingerprint density at radius 1 is 1.17 bits per heavy atom. The van der Waals surface area contributed by atoms with Crippen molar-refractivity contribution in [1.82, 2.24) is 15.0 Å². The van der Waals surface area contributed by atoms with Gasteiger partial charge in [0, 0.05) is 30.7 Å². The maximum Gasteiger partial charge on any atom is 0.138 e. The van der Waals surface area contributed by atoms with Gasteiger partial charge in [-0.15, -0.1) is 11.3 Å². The van der Waals surface area contributed by atoms with Crippen molar-refractivity contribution < 1.29 is 0 Å². The quantitative estimate of drug-likeness (QED) is 0.781. The maximum absolute atomic E-state index is 4.52.